The van der Waals surface area contributed by atoms with Gasteiger partial charge in [0.1, 0.15) is 0 Å². The van der Waals surface area contributed by atoms with E-state index in [2.05, 4.69) is 39.3 Å². The van der Waals surface area contributed by atoms with Crippen LogP contribution in [-0.4, -0.2) is 34.0 Å². The Balaban J connectivity index is 1.40. The molecular formula is C22H29N3O2. The Kier molecular flexibility index (Phi) is 5.28. The van der Waals surface area contributed by atoms with Crippen LogP contribution in [0.3, 0.4) is 0 Å². The molecule has 1 aromatic heterocycles. The molecule has 1 aromatic carbocycles. The summed E-state index contributed by atoms with van der Waals surface area (Å²) in [5.41, 5.74) is 1.46. The van der Waals surface area contributed by atoms with Gasteiger partial charge in [0.2, 0.25) is 11.8 Å². The molecule has 0 radical (unpaired) electrons. The summed E-state index contributed by atoms with van der Waals surface area (Å²) in [6.07, 6.45) is 8.05. The molecular weight excluding hydrogens is 338 g/mol. The number of benzene rings is 1. The van der Waals surface area contributed by atoms with Crippen LogP contribution in [0.4, 0.5) is 0 Å². The number of carbonyl (C=O) groups is 1. The zero-order valence-corrected chi connectivity index (χ0v) is 16.2. The quantitative estimate of drug-likeness (QED) is 0.770. The molecule has 0 N–H and O–H groups in total. The molecule has 1 atom stereocenters. The third kappa shape index (κ3) is 3.78. The average molecular weight is 367 g/mol. The van der Waals surface area contributed by atoms with Gasteiger partial charge in [-0.25, -0.2) is 0 Å². The molecule has 5 heteroatoms. The minimum Gasteiger partial charge on any atom is -0.341 e. The highest BCUT2D eigenvalue weighted by Gasteiger charge is 2.51. The summed E-state index contributed by atoms with van der Waals surface area (Å²) in [4.78, 5) is 19.6. The molecule has 1 unspecified atom stereocenters. The molecule has 2 heterocycles. The van der Waals surface area contributed by atoms with E-state index in [1.165, 1.54) is 31.2 Å². The van der Waals surface area contributed by atoms with Crippen molar-refractivity contribution in [2.75, 3.05) is 13.1 Å². The van der Waals surface area contributed by atoms with E-state index in [0.29, 0.717) is 12.3 Å². The van der Waals surface area contributed by atoms with Crippen molar-refractivity contribution in [2.45, 2.75) is 64.2 Å². The van der Waals surface area contributed by atoms with Crippen LogP contribution in [-0.2, 0) is 17.6 Å². The molecule has 27 heavy (non-hydrogen) atoms. The maximum Gasteiger partial charge on any atom is 0.226 e. The standard InChI is InChI=1S/C22H29N3O2/c1-2-19-23-21(24-27-19)18-15-25(16-22(18)13-6-7-14-22)20(26)12-8-11-17-9-4-3-5-10-17/h3-5,9-10,18H,2,6-8,11-16H2,1H3. The Labute approximate surface area is 161 Å². The van der Waals surface area contributed by atoms with Crippen molar-refractivity contribution < 1.29 is 9.32 Å². The first kappa shape index (κ1) is 18.2. The summed E-state index contributed by atoms with van der Waals surface area (Å²) in [6, 6.07) is 10.4. The fourth-order valence-electron chi connectivity index (χ4n) is 4.90. The van der Waals surface area contributed by atoms with E-state index >= 15 is 0 Å². The van der Waals surface area contributed by atoms with Crippen LogP contribution in [0.2, 0.25) is 0 Å². The number of likely N-dealkylation sites (tertiary alicyclic amines) is 1. The molecule has 1 aliphatic carbocycles. The predicted molar refractivity (Wildman–Crippen MR) is 103 cm³/mol. The number of aromatic nitrogens is 2. The highest BCUT2D eigenvalue weighted by Crippen LogP contribution is 2.52. The van der Waals surface area contributed by atoms with Crippen LogP contribution in [0.25, 0.3) is 0 Å². The first-order valence-electron chi connectivity index (χ1n) is 10.3. The van der Waals surface area contributed by atoms with Crippen molar-refractivity contribution in [1.82, 2.24) is 15.0 Å². The Hall–Kier alpha value is -2.17. The lowest BCUT2D eigenvalue weighted by Crippen LogP contribution is -2.31. The highest BCUT2D eigenvalue weighted by molar-refractivity contribution is 5.76. The number of hydrogen-bond acceptors (Lipinski definition) is 4. The summed E-state index contributed by atoms with van der Waals surface area (Å²) < 4.78 is 5.37. The van der Waals surface area contributed by atoms with Gasteiger partial charge in [-0.3, -0.25) is 4.79 Å². The lowest BCUT2D eigenvalue weighted by molar-refractivity contribution is -0.130. The summed E-state index contributed by atoms with van der Waals surface area (Å²) >= 11 is 0. The Morgan fingerprint density at radius 1 is 1.26 bits per heavy atom. The number of amides is 1. The van der Waals surface area contributed by atoms with Crippen molar-refractivity contribution in [3.63, 3.8) is 0 Å². The molecule has 5 nitrogen and oxygen atoms in total. The summed E-state index contributed by atoms with van der Waals surface area (Å²) in [5.74, 6) is 2.01. The third-order valence-corrected chi connectivity index (χ3v) is 6.40. The van der Waals surface area contributed by atoms with Gasteiger partial charge in [-0.05, 0) is 36.7 Å². The summed E-state index contributed by atoms with van der Waals surface area (Å²) in [7, 11) is 0. The van der Waals surface area contributed by atoms with Gasteiger partial charge in [-0.2, -0.15) is 4.98 Å². The topological polar surface area (TPSA) is 59.2 Å². The van der Waals surface area contributed by atoms with E-state index in [0.717, 1.165) is 38.2 Å². The largest absolute Gasteiger partial charge is 0.341 e. The number of nitrogens with zero attached hydrogens (tertiary/aromatic N) is 3. The Morgan fingerprint density at radius 2 is 2.04 bits per heavy atom. The van der Waals surface area contributed by atoms with Crippen LogP contribution in [0.15, 0.2) is 34.9 Å². The van der Waals surface area contributed by atoms with Gasteiger partial charge in [0.15, 0.2) is 5.82 Å². The number of rotatable bonds is 6. The van der Waals surface area contributed by atoms with Gasteiger partial charge in [0, 0.05) is 31.8 Å². The number of carbonyl (C=O) groups excluding carboxylic acids is 1. The fourth-order valence-corrected chi connectivity index (χ4v) is 4.90. The zero-order chi connectivity index (χ0) is 18.7. The van der Waals surface area contributed by atoms with Gasteiger partial charge in [0.25, 0.3) is 0 Å². The second kappa shape index (κ2) is 7.83. The van der Waals surface area contributed by atoms with E-state index in [4.69, 9.17) is 4.52 Å². The average Bonchev–Trinajstić information content (AvgIpc) is 3.43. The smallest absolute Gasteiger partial charge is 0.226 e. The van der Waals surface area contributed by atoms with Crippen LogP contribution in [0.1, 0.15) is 68.6 Å². The van der Waals surface area contributed by atoms with E-state index in [9.17, 15) is 4.79 Å². The molecule has 4 rings (SSSR count). The van der Waals surface area contributed by atoms with Crippen molar-refractivity contribution >= 4 is 5.91 Å². The highest BCUT2D eigenvalue weighted by atomic mass is 16.5. The molecule has 1 saturated carbocycles. The molecule has 0 bridgehead atoms. The second-order valence-corrected chi connectivity index (χ2v) is 8.14. The second-order valence-electron chi connectivity index (χ2n) is 8.14. The molecule has 1 amide bonds. The van der Waals surface area contributed by atoms with E-state index in [1.807, 2.05) is 13.0 Å². The molecule has 2 aromatic rings. The predicted octanol–water partition coefficient (Wildman–Crippen LogP) is 4.14. The molecule has 1 saturated heterocycles. The van der Waals surface area contributed by atoms with Crippen molar-refractivity contribution in [2.24, 2.45) is 5.41 Å². The normalized spacial score (nSPS) is 21.2. The van der Waals surface area contributed by atoms with Crippen LogP contribution in [0.5, 0.6) is 0 Å². The van der Waals surface area contributed by atoms with Gasteiger partial charge in [-0.1, -0.05) is 55.3 Å². The maximum absolute atomic E-state index is 12.9. The van der Waals surface area contributed by atoms with Crippen molar-refractivity contribution in [3.8, 4) is 0 Å². The summed E-state index contributed by atoms with van der Waals surface area (Å²) in [6.45, 7) is 3.63. The Bertz CT molecular complexity index is 765. The van der Waals surface area contributed by atoms with Crippen LogP contribution in [0, 0.1) is 5.41 Å². The van der Waals surface area contributed by atoms with E-state index in [1.54, 1.807) is 0 Å². The van der Waals surface area contributed by atoms with Crippen LogP contribution >= 0.6 is 0 Å². The lowest BCUT2D eigenvalue weighted by Gasteiger charge is -2.27. The van der Waals surface area contributed by atoms with Gasteiger partial charge in [0.05, 0.1) is 0 Å². The monoisotopic (exact) mass is 367 g/mol. The van der Waals surface area contributed by atoms with Gasteiger partial charge in [-0.15, -0.1) is 0 Å². The minimum absolute atomic E-state index is 0.157. The molecule has 144 valence electrons. The number of hydrogen-bond donors (Lipinski definition) is 0. The first-order valence-corrected chi connectivity index (χ1v) is 10.3. The van der Waals surface area contributed by atoms with E-state index < -0.39 is 0 Å². The molecule has 2 fully saturated rings. The Morgan fingerprint density at radius 3 is 2.74 bits per heavy atom. The maximum atomic E-state index is 12.9. The number of aryl methyl sites for hydroxylation is 2. The van der Waals surface area contributed by atoms with E-state index in [-0.39, 0.29) is 17.2 Å². The van der Waals surface area contributed by atoms with Gasteiger partial charge < -0.3 is 9.42 Å². The fraction of sp³-hybridized carbons (Fsp3) is 0.591. The minimum atomic E-state index is 0.157. The molecule has 1 spiro atoms. The SMILES string of the molecule is CCc1nc(C2CN(C(=O)CCCc3ccccc3)CC23CCCC3)no1. The molecule has 2 aliphatic rings. The first-order chi connectivity index (χ1) is 13.2. The lowest BCUT2D eigenvalue weighted by atomic mass is 9.76. The van der Waals surface area contributed by atoms with Crippen LogP contribution < -0.4 is 0 Å². The zero-order valence-electron chi connectivity index (χ0n) is 16.2. The van der Waals surface area contributed by atoms with Crippen molar-refractivity contribution in [1.29, 1.82) is 0 Å². The third-order valence-electron chi connectivity index (χ3n) is 6.40. The molecule has 1 aliphatic heterocycles. The van der Waals surface area contributed by atoms with Gasteiger partial charge >= 0.3 is 0 Å². The van der Waals surface area contributed by atoms with Crippen molar-refractivity contribution in [3.05, 3.63) is 47.6 Å². The summed E-state index contributed by atoms with van der Waals surface area (Å²) in [5, 5.41) is 4.26.